The Hall–Kier alpha value is -2.23. The molecule has 1 aliphatic heterocycles. The van der Waals surface area contributed by atoms with E-state index in [9.17, 15) is 9.18 Å². The van der Waals surface area contributed by atoms with Crippen molar-refractivity contribution in [1.29, 1.82) is 0 Å². The van der Waals surface area contributed by atoms with Gasteiger partial charge in [-0.2, -0.15) is 0 Å². The molecule has 1 unspecified atom stereocenters. The second kappa shape index (κ2) is 6.26. The second-order valence-electron chi connectivity index (χ2n) is 5.83. The first-order chi connectivity index (χ1) is 10.6. The maximum Gasteiger partial charge on any atom is 0.227 e. The Balaban J connectivity index is 2.12. The first-order valence-electron chi connectivity index (χ1n) is 7.70. The Morgan fingerprint density at radius 3 is 3.00 bits per heavy atom. The topological polar surface area (TPSA) is 42.0 Å². The van der Waals surface area contributed by atoms with Gasteiger partial charge >= 0.3 is 0 Å². The lowest BCUT2D eigenvalue weighted by atomic mass is 9.97. The molecule has 1 aromatic carbocycles. The summed E-state index contributed by atoms with van der Waals surface area (Å²) in [6.07, 6.45) is 5.36. The van der Waals surface area contributed by atoms with Crippen molar-refractivity contribution in [2.24, 2.45) is 5.92 Å². The van der Waals surface area contributed by atoms with Gasteiger partial charge in [0.1, 0.15) is 5.82 Å². The van der Waals surface area contributed by atoms with Gasteiger partial charge in [-0.25, -0.2) is 4.39 Å². The smallest absolute Gasteiger partial charge is 0.227 e. The van der Waals surface area contributed by atoms with Crippen LogP contribution in [0.1, 0.15) is 31.9 Å². The summed E-state index contributed by atoms with van der Waals surface area (Å²) in [5.74, 6) is -0.469. The number of hydrogen-bond acceptors (Lipinski definition) is 2. The number of nitrogens with zero attached hydrogens (tertiary/aromatic N) is 1. The third-order valence-electron chi connectivity index (χ3n) is 4.14. The number of aromatic nitrogens is 1. The molecule has 0 saturated carbocycles. The number of halogens is 1. The molecule has 1 N–H and O–H groups in total. The van der Waals surface area contributed by atoms with E-state index in [-0.39, 0.29) is 17.6 Å². The van der Waals surface area contributed by atoms with E-state index < -0.39 is 0 Å². The summed E-state index contributed by atoms with van der Waals surface area (Å²) >= 11 is 0. The molecular formula is C18H19FN2O. The summed E-state index contributed by atoms with van der Waals surface area (Å²) in [7, 11) is 0. The highest BCUT2D eigenvalue weighted by molar-refractivity contribution is 5.96. The number of rotatable bonds is 0. The van der Waals surface area contributed by atoms with Gasteiger partial charge in [0, 0.05) is 23.4 Å². The van der Waals surface area contributed by atoms with E-state index in [1.54, 1.807) is 24.4 Å². The van der Waals surface area contributed by atoms with Crippen LogP contribution in [-0.2, 0) is 11.2 Å². The molecular weight excluding hydrogens is 279 g/mol. The van der Waals surface area contributed by atoms with Crippen LogP contribution in [0.15, 0.2) is 36.5 Å². The summed E-state index contributed by atoms with van der Waals surface area (Å²) in [6, 6.07) is 8.48. The van der Waals surface area contributed by atoms with Gasteiger partial charge in [0.15, 0.2) is 0 Å². The quantitative estimate of drug-likeness (QED) is 0.792. The summed E-state index contributed by atoms with van der Waals surface area (Å²) in [4.78, 5) is 16.6. The van der Waals surface area contributed by atoms with Crippen LogP contribution in [0.5, 0.6) is 0 Å². The standard InChI is InChI=1S/C18H19FN2O/c1-12-5-2-3-6-14-11-13(9-10-20-14)17-15(19)7-4-8-16(17)21-18(12)22/h4,7-12H,2-3,5-6H2,1H3,(H,21,22). The van der Waals surface area contributed by atoms with Gasteiger partial charge in [-0.15, -0.1) is 0 Å². The van der Waals surface area contributed by atoms with Crippen LogP contribution in [0.2, 0.25) is 0 Å². The molecule has 0 saturated heterocycles. The molecule has 0 radical (unpaired) electrons. The third kappa shape index (κ3) is 3.01. The average Bonchev–Trinajstić information content (AvgIpc) is 2.51. The molecule has 1 aliphatic rings. The van der Waals surface area contributed by atoms with Gasteiger partial charge in [0.25, 0.3) is 0 Å². The number of carbonyl (C=O) groups excluding carboxylic acids is 1. The SMILES string of the molecule is CC1CCCCc2cc(ccn2)-c2c(F)cccc2NC1=O. The number of pyridine rings is 1. The van der Waals surface area contributed by atoms with Crippen molar-refractivity contribution in [3.63, 3.8) is 0 Å². The molecule has 2 bridgehead atoms. The zero-order chi connectivity index (χ0) is 15.5. The minimum atomic E-state index is -0.334. The number of nitrogens with one attached hydrogen (secondary N) is 1. The molecule has 0 aliphatic carbocycles. The highest BCUT2D eigenvalue weighted by Crippen LogP contribution is 2.32. The van der Waals surface area contributed by atoms with Gasteiger partial charge in [0.2, 0.25) is 5.91 Å². The van der Waals surface area contributed by atoms with Crippen LogP contribution < -0.4 is 5.32 Å². The molecule has 2 aromatic rings. The first-order valence-corrected chi connectivity index (χ1v) is 7.70. The largest absolute Gasteiger partial charge is 0.325 e. The number of benzene rings is 1. The maximum atomic E-state index is 14.3. The number of amides is 1. The molecule has 1 amide bonds. The van der Waals surface area contributed by atoms with E-state index in [0.717, 1.165) is 36.9 Å². The lowest BCUT2D eigenvalue weighted by Gasteiger charge is -2.17. The Kier molecular flexibility index (Phi) is 4.18. The molecule has 2 heterocycles. The van der Waals surface area contributed by atoms with Crippen LogP contribution in [0, 0.1) is 11.7 Å². The van der Waals surface area contributed by atoms with Crippen LogP contribution in [0.25, 0.3) is 11.1 Å². The van der Waals surface area contributed by atoms with Crippen LogP contribution in [-0.4, -0.2) is 10.9 Å². The van der Waals surface area contributed by atoms with E-state index in [1.165, 1.54) is 6.07 Å². The summed E-state index contributed by atoms with van der Waals surface area (Å²) in [6.45, 7) is 1.91. The zero-order valence-electron chi connectivity index (χ0n) is 12.6. The van der Waals surface area contributed by atoms with Gasteiger partial charge < -0.3 is 5.32 Å². The molecule has 3 rings (SSSR count). The molecule has 1 aromatic heterocycles. The summed E-state index contributed by atoms with van der Waals surface area (Å²) in [5.41, 5.74) is 2.68. The second-order valence-corrected chi connectivity index (χ2v) is 5.83. The molecule has 0 spiro atoms. The van der Waals surface area contributed by atoms with Gasteiger partial charge in [-0.1, -0.05) is 19.4 Å². The monoisotopic (exact) mass is 298 g/mol. The van der Waals surface area contributed by atoms with E-state index in [0.29, 0.717) is 11.3 Å². The fourth-order valence-corrected chi connectivity index (χ4v) is 2.84. The van der Waals surface area contributed by atoms with E-state index in [2.05, 4.69) is 10.3 Å². The molecule has 3 nitrogen and oxygen atoms in total. The molecule has 22 heavy (non-hydrogen) atoms. The zero-order valence-corrected chi connectivity index (χ0v) is 12.6. The summed E-state index contributed by atoms with van der Waals surface area (Å²) in [5, 5.41) is 2.88. The molecule has 114 valence electrons. The minimum Gasteiger partial charge on any atom is -0.325 e. The highest BCUT2D eigenvalue weighted by Gasteiger charge is 2.18. The lowest BCUT2D eigenvalue weighted by molar-refractivity contribution is -0.119. The maximum absolute atomic E-state index is 14.3. The van der Waals surface area contributed by atoms with E-state index in [1.807, 2.05) is 13.0 Å². The Morgan fingerprint density at radius 1 is 1.27 bits per heavy atom. The fraction of sp³-hybridized carbons (Fsp3) is 0.333. The number of aryl methyl sites for hydroxylation is 1. The predicted octanol–water partition coefficient (Wildman–Crippen LogP) is 4.19. The Morgan fingerprint density at radius 2 is 2.14 bits per heavy atom. The van der Waals surface area contributed by atoms with Gasteiger partial charge in [-0.3, -0.25) is 9.78 Å². The first kappa shape index (κ1) is 14.7. The minimum absolute atomic E-state index is 0.0540. The number of carbonyl (C=O) groups is 1. The number of fused-ring (bicyclic) bond motifs is 4. The van der Waals surface area contributed by atoms with Crippen molar-refractivity contribution in [2.45, 2.75) is 32.6 Å². The van der Waals surface area contributed by atoms with E-state index in [4.69, 9.17) is 0 Å². The Bertz CT molecular complexity index is 699. The lowest BCUT2D eigenvalue weighted by Crippen LogP contribution is -2.21. The van der Waals surface area contributed by atoms with Crippen molar-refractivity contribution in [2.75, 3.05) is 5.32 Å². The van der Waals surface area contributed by atoms with Crippen molar-refractivity contribution >= 4 is 11.6 Å². The number of anilines is 1. The number of hydrogen-bond donors (Lipinski definition) is 1. The molecule has 0 fully saturated rings. The average molecular weight is 298 g/mol. The van der Waals surface area contributed by atoms with Crippen molar-refractivity contribution < 1.29 is 9.18 Å². The van der Waals surface area contributed by atoms with E-state index >= 15 is 0 Å². The van der Waals surface area contributed by atoms with Gasteiger partial charge in [0.05, 0.1) is 5.69 Å². The summed E-state index contributed by atoms with van der Waals surface area (Å²) < 4.78 is 14.3. The van der Waals surface area contributed by atoms with Crippen molar-refractivity contribution in [3.05, 3.63) is 48.0 Å². The Labute approximate surface area is 129 Å². The molecule has 1 atom stereocenters. The predicted molar refractivity (Wildman–Crippen MR) is 85.0 cm³/mol. The van der Waals surface area contributed by atoms with Crippen molar-refractivity contribution in [3.8, 4) is 11.1 Å². The fourth-order valence-electron chi connectivity index (χ4n) is 2.84. The third-order valence-corrected chi connectivity index (χ3v) is 4.14. The van der Waals surface area contributed by atoms with Crippen LogP contribution >= 0.6 is 0 Å². The van der Waals surface area contributed by atoms with Gasteiger partial charge in [-0.05, 0) is 49.1 Å². The normalized spacial score (nSPS) is 18.6. The van der Waals surface area contributed by atoms with Crippen LogP contribution in [0.3, 0.4) is 0 Å². The molecule has 4 heteroatoms. The van der Waals surface area contributed by atoms with Crippen molar-refractivity contribution in [1.82, 2.24) is 4.98 Å². The van der Waals surface area contributed by atoms with Crippen LogP contribution in [0.4, 0.5) is 10.1 Å². The highest BCUT2D eigenvalue weighted by atomic mass is 19.1.